The van der Waals surface area contributed by atoms with E-state index in [0.717, 1.165) is 6.07 Å². The van der Waals surface area contributed by atoms with Gasteiger partial charge in [-0.2, -0.15) is 4.31 Å². The van der Waals surface area contributed by atoms with Gasteiger partial charge in [-0.05, 0) is 6.92 Å². The number of carboxylic acids is 1. The number of carbonyl (C=O) groups is 1. The first kappa shape index (κ1) is 16.5. The normalized spacial score (nSPS) is 12.3. The second kappa shape index (κ2) is 6.29. The van der Waals surface area contributed by atoms with Crippen LogP contribution in [0.1, 0.15) is 16.3 Å². The molecule has 0 saturated heterocycles. The molecule has 0 aliphatic heterocycles. The Morgan fingerprint density at radius 3 is 2.50 bits per heavy atom. The highest BCUT2D eigenvalue weighted by molar-refractivity contribution is 7.89. The van der Waals surface area contributed by atoms with Crippen molar-refractivity contribution in [2.45, 2.75) is 18.2 Å². The van der Waals surface area contributed by atoms with Crippen LogP contribution in [0.4, 0.5) is 8.78 Å². The van der Waals surface area contributed by atoms with Gasteiger partial charge in [-0.3, -0.25) is 0 Å². The lowest BCUT2D eigenvalue weighted by atomic mass is 10.4. The number of hydrogen-bond donors (Lipinski definition) is 2. The first-order valence-electron chi connectivity index (χ1n) is 5.43. The lowest BCUT2D eigenvalue weighted by Crippen LogP contribution is -2.37. The van der Waals surface area contributed by atoms with Crippen molar-refractivity contribution in [2.24, 2.45) is 0 Å². The number of aliphatic hydroxyl groups excluding tert-OH is 1. The molecule has 0 fully saturated rings. The van der Waals surface area contributed by atoms with Crippen LogP contribution in [0.25, 0.3) is 0 Å². The van der Waals surface area contributed by atoms with Crippen LogP contribution in [-0.2, 0) is 10.0 Å². The first-order chi connectivity index (χ1) is 9.20. The number of sulfonamides is 1. The molecular weight excluding hydrogens is 300 g/mol. The smallest absolute Gasteiger partial charge is 0.371 e. The number of hydrogen-bond acceptors (Lipinski definition) is 5. The molecule has 0 saturated carbocycles. The van der Waals surface area contributed by atoms with Crippen molar-refractivity contribution < 1.29 is 36.6 Å². The summed E-state index contributed by atoms with van der Waals surface area (Å²) in [4.78, 5) is 10.2. The average molecular weight is 313 g/mol. The average Bonchev–Trinajstić information content (AvgIpc) is 2.71. The SMILES string of the molecule is Cc1oc(C(=O)O)cc1S(=O)(=O)N(CCO)CC(F)F. The van der Waals surface area contributed by atoms with Gasteiger partial charge in [-0.1, -0.05) is 0 Å². The van der Waals surface area contributed by atoms with Crippen LogP contribution in [0, 0.1) is 6.92 Å². The number of nitrogens with zero attached hydrogens (tertiary/aromatic N) is 1. The van der Waals surface area contributed by atoms with Gasteiger partial charge in [0.05, 0.1) is 13.2 Å². The van der Waals surface area contributed by atoms with Crippen molar-refractivity contribution >= 4 is 16.0 Å². The van der Waals surface area contributed by atoms with Crippen molar-refractivity contribution in [2.75, 3.05) is 19.7 Å². The lowest BCUT2D eigenvalue weighted by Gasteiger charge is -2.20. The first-order valence-corrected chi connectivity index (χ1v) is 6.87. The number of aliphatic hydroxyl groups is 1. The van der Waals surface area contributed by atoms with Crippen molar-refractivity contribution in [1.29, 1.82) is 0 Å². The minimum absolute atomic E-state index is 0.223. The second-order valence-electron chi connectivity index (χ2n) is 3.81. The van der Waals surface area contributed by atoms with Gasteiger partial charge in [0.15, 0.2) is 0 Å². The van der Waals surface area contributed by atoms with E-state index in [1.54, 1.807) is 0 Å². The van der Waals surface area contributed by atoms with Crippen molar-refractivity contribution in [3.63, 3.8) is 0 Å². The van der Waals surface area contributed by atoms with Crippen LogP contribution in [0.3, 0.4) is 0 Å². The number of rotatable bonds is 7. The fourth-order valence-electron chi connectivity index (χ4n) is 1.54. The van der Waals surface area contributed by atoms with E-state index in [4.69, 9.17) is 14.6 Å². The van der Waals surface area contributed by atoms with E-state index in [9.17, 15) is 22.0 Å². The molecule has 10 heteroatoms. The zero-order valence-corrected chi connectivity index (χ0v) is 11.2. The van der Waals surface area contributed by atoms with E-state index in [-0.39, 0.29) is 5.76 Å². The predicted octanol–water partition coefficient (Wildman–Crippen LogP) is 0.534. The summed E-state index contributed by atoms with van der Waals surface area (Å²) in [6.45, 7) is -1.07. The Morgan fingerprint density at radius 2 is 2.10 bits per heavy atom. The highest BCUT2D eigenvalue weighted by atomic mass is 32.2. The fraction of sp³-hybridized carbons (Fsp3) is 0.500. The molecule has 2 N–H and O–H groups in total. The van der Waals surface area contributed by atoms with E-state index >= 15 is 0 Å². The maximum atomic E-state index is 12.4. The van der Waals surface area contributed by atoms with Crippen molar-refractivity contribution in [1.82, 2.24) is 4.31 Å². The van der Waals surface area contributed by atoms with Gasteiger partial charge < -0.3 is 14.6 Å². The summed E-state index contributed by atoms with van der Waals surface area (Å²) in [5.74, 6) is -2.31. The minimum atomic E-state index is -4.37. The summed E-state index contributed by atoms with van der Waals surface area (Å²) in [7, 11) is -4.37. The monoisotopic (exact) mass is 313 g/mol. The molecule has 0 bridgehead atoms. The molecule has 0 amide bonds. The molecule has 0 aliphatic carbocycles. The van der Waals surface area contributed by atoms with E-state index < -0.39 is 52.8 Å². The molecule has 0 atom stereocenters. The second-order valence-corrected chi connectivity index (χ2v) is 5.72. The van der Waals surface area contributed by atoms with E-state index in [2.05, 4.69) is 0 Å². The van der Waals surface area contributed by atoms with Gasteiger partial charge >= 0.3 is 5.97 Å². The minimum Gasteiger partial charge on any atom is -0.475 e. The molecule has 114 valence electrons. The van der Waals surface area contributed by atoms with E-state index in [1.165, 1.54) is 6.92 Å². The van der Waals surface area contributed by atoms with Gasteiger partial charge in [0.1, 0.15) is 10.7 Å². The van der Waals surface area contributed by atoms with Crippen LogP contribution in [0.15, 0.2) is 15.4 Å². The summed E-state index contributed by atoms with van der Waals surface area (Å²) in [5.41, 5.74) is 0. The molecular formula is C10H13F2NO6S. The van der Waals surface area contributed by atoms with Gasteiger partial charge in [-0.15, -0.1) is 0 Å². The van der Waals surface area contributed by atoms with Gasteiger partial charge in [-0.25, -0.2) is 22.0 Å². The van der Waals surface area contributed by atoms with Crippen LogP contribution in [0.2, 0.25) is 0 Å². The predicted molar refractivity (Wildman–Crippen MR) is 62.3 cm³/mol. The number of aryl methyl sites for hydroxylation is 1. The quantitative estimate of drug-likeness (QED) is 0.760. The molecule has 1 aromatic heterocycles. The van der Waals surface area contributed by atoms with Crippen molar-refractivity contribution in [3.05, 3.63) is 17.6 Å². The van der Waals surface area contributed by atoms with Gasteiger partial charge in [0, 0.05) is 12.6 Å². The van der Waals surface area contributed by atoms with E-state index in [1.807, 2.05) is 0 Å². The number of halogens is 2. The standard InChI is InChI=1S/C10H13F2NO6S/c1-6-8(4-7(19-6)10(15)16)20(17,18)13(2-3-14)5-9(11)12/h4,9,14H,2-3,5H2,1H3,(H,15,16). The van der Waals surface area contributed by atoms with Crippen molar-refractivity contribution in [3.8, 4) is 0 Å². The van der Waals surface area contributed by atoms with Gasteiger partial charge in [0.25, 0.3) is 6.43 Å². The summed E-state index contributed by atoms with van der Waals surface area (Å²) in [6.07, 6.45) is -2.93. The summed E-state index contributed by atoms with van der Waals surface area (Å²) in [5, 5.41) is 17.5. The number of alkyl halides is 2. The highest BCUT2D eigenvalue weighted by Gasteiger charge is 2.31. The molecule has 0 unspecified atom stereocenters. The van der Waals surface area contributed by atoms with Gasteiger partial charge in [0.2, 0.25) is 15.8 Å². The maximum Gasteiger partial charge on any atom is 0.371 e. The fourth-order valence-corrected chi connectivity index (χ4v) is 3.11. The summed E-state index contributed by atoms with van der Waals surface area (Å²) < 4.78 is 54.2. The Bertz CT molecular complexity index is 583. The molecule has 20 heavy (non-hydrogen) atoms. The van der Waals surface area contributed by atoms with Crippen LogP contribution >= 0.6 is 0 Å². The van der Waals surface area contributed by atoms with Crippen LogP contribution in [0.5, 0.6) is 0 Å². The third-order valence-corrected chi connectivity index (χ3v) is 4.36. The Balaban J connectivity index is 3.22. The largest absolute Gasteiger partial charge is 0.475 e. The Labute approximate surface area is 113 Å². The lowest BCUT2D eigenvalue weighted by molar-refractivity contribution is 0.0661. The molecule has 1 rings (SSSR count). The topological polar surface area (TPSA) is 108 Å². The molecule has 7 nitrogen and oxygen atoms in total. The molecule has 1 heterocycles. The zero-order valence-electron chi connectivity index (χ0n) is 10.4. The maximum absolute atomic E-state index is 12.4. The highest BCUT2D eigenvalue weighted by Crippen LogP contribution is 2.24. The van der Waals surface area contributed by atoms with Crippen LogP contribution < -0.4 is 0 Å². The number of furan rings is 1. The summed E-state index contributed by atoms with van der Waals surface area (Å²) >= 11 is 0. The van der Waals surface area contributed by atoms with Crippen LogP contribution in [-0.4, -0.2) is 55.0 Å². The Kier molecular flexibility index (Phi) is 5.20. The van der Waals surface area contributed by atoms with E-state index in [0.29, 0.717) is 4.31 Å². The molecule has 0 radical (unpaired) electrons. The zero-order chi connectivity index (χ0) is 15.5. The molecule has 0 spiro atoms. The third kappa shape index (κ3) is 3.52. The number of aromatic carboxylic acids is 1. The Hall–Kier alpha value is -1.52. The number of carboxylic acid groups (broad SMARTS) is 1. The molecule has 1 aromatic rings. The third-order valence-electron chi connectivity index (χ3n) is 2.39. The Morgan fingerprint density at radius 1 is 1.50 bits per heavy atom. The molecule has 0 aliphatic rings. The summed E-state index contributed by atoms with van der Waals surface area (Å²) in [6, 6.07) is 0.753. The molecule has 0 aromatic carbocycles.